The van der Waals surface area contributed by atoms with Crippen molar-refractivity contribution in [1.29, 1.82) is 0 Å². The number of rotatable bonds is 8. The van der Waals surface area contributed by atoms with Gasteiger partial charge in [0.2, 0.25) is 0 Å². The van der Waals surface area contributed by atoms with Crippen molar-refractivity contribution in [2.75, 3.05) is 0 Å². The first-order valence-corrected chi connectivity index (χ1v) is 18.3. The first-order chi connectivity index (χ1) is 20.8. The molecule has 3 aromatic rings. The number of halogens is 1. The van der Waals surface area contributed by atoms with Gasteiger partial charge in [-0.2, -0.15) is 0 Å². The number of ether oxygens (including phenoxy) is 1. The number of nitrogens with zero attached hydrogens (tertiary/aromatic N) is 1. The summed E-state index contributed by atoms with van der Waals surface area (Å²) in [7, 11) is -2.90. The predicted octanol–water partition coefficient (Wildman–Crippen LogP) is 10.4. The highest BCUT2D eigenvalue weighted by Crippen LogP contribution is 2.55. The van der Waals surface area contributed by atoms with Crippen molar-refractivity contribution in [2.45, 2.75) is 136 Å². The Kier molecular flexibility index (Phi) is 10.3. The lowest BCUT2D eigenvalue weighted by Crippen LogP contribution is -2.63. The molecule has 1 aliphatic rings. The van der Waals surface area contributed by atoms with Crippen LogP contribution < -0.4 is 0 Å². The molecule has 0 radical (unpaired) electrons. The van der Waals surface area contributed by atoms with Crippen LogP contribution >= 0.6 is 0 Å². The average Bonchev–Trinajstić information content (AvgIpc) is 3.30. The Morgan fingerprint density at radius 2 is 1.47 bits per heavy atom. The highest BCUT2D eigenvalue weighted by molar-refractivity contribution is 6.73. The lowest BCUT2D eigenvalue weighted by Gasteiger charge is -2.55. The topological polar surface area (TPSA) is 49.7 Å². The minimum Gasteiger partial charge on any atom is -0.460 e. The zero-order valence-electron chi connectivity index (χ0n) is 29.3. The van der Waals surface area contributed by atoms with Gasteiger partial charge >= 0.3 is 14.5 Å². The standard InChI is InChI=1S/C38H54FNO4Si/c1-26(2)33-25-32(27-15-13-12-14-16-27)35(28-17-19-29(39)20-18-28)40(33)22-21-30-23-31(24-34(41)42-36(3,4)5)44-45(43-30,37(6,7)8)38(9,10)11/h12-20,25-26,30-31H,21-24H2,1-11H3/t30-,31-/m1/s1. The molecule has 45 heavy (non-hydrogen) atoms. The Morgan fingerprint density at radius 3 is 2.00 bits per heavy atom. The van der Waals surface area contributed by atoms with Gasteiger partial charge in [0.25, 0.3) is 0 Å². The third-order valence-electron chi connectivity index (χ3n) is 8.58. The van der Waals surface area contributed by atoms with Gasteiger partial charge in [0, 0.05) is 27.9 Å². The summed E-state index contributed by atoms with van der Waals surface area (Å²) in [6.45, 7) is 24.1. The van der Waals surface area contributed by atoms with E-state index in [9.17, 15) is 9.18 Å². The van der Waals surface area contributed by atoms with Gasteiger partial charge in [-0.05, 0) is 81.0 Å². The van der Waals surface area contributed by atoms with E-state index in [1.807, 2.05) is 39.0 Å². The molecule has 0 bridgehead atoms. The molecule has 1 saturated heterocycles. The molecule has 0 spiro atoms. The maximum Gasteiger partial charge on any atom is 0.349 e. The summed E-state index contributed by atoms with van der Waals surface area (Å²) >= 11 is 0. The van der Waals surface area contributed by atoms with Crippen LogP contribution in [-0.4, -0.2) is 36.9 Å². The first kappa shape index (κ1) is 35.1. The Morgan fingerprint density at radius 1 is 0.889 bits per heavy atom. The molecule has 4 rings (SSSR count). The smallest absolute Gasteiger partial charge is 0.349 e. The fourth-order valence-electron chi connectivity index (χ4n) is 6.91. The molecule has 7 heteroatoms. The van der Waals surface area contributed by atoms with Crippen LogP contribution in [0.25, 0.3) is 22.4 Å². The molecule has 5 nitrogen and oxygen atoms in total. The van der Waals surface area contributed by atoms with Gasteiger partial charge in [-0.1, -0.05) is 85.7 Å². The summed E-state index contributed by atoms with van der Waals surface area (Å²) in [6.07, 6.45) is 1.20. The number of hydrogen-bond acceptors (Lipinski definition) is 4. The molecule has 1 aliphatic heterocycles. The second kappa shape index (κ2) is 13.2. The summed E-state index contributed by atoms with van der Waals surface area (Å²) < 4.78 is 36.4. The van der Waals surface area contributed by atoms with Crippen molar-refractivity contribution in [3.05, 3.63) is 72.2 Å². The normalized spacial score (nSPS) is 19.1. The largest absolute Gasteiger partial charge is 0.460 e. The molecule has 1 fully saturated rings. The number of esters is 1. The lowest BCUT2D eigenvalue weighted by molar-refractivity contribution is -0.158. The molecule has 2 atom stereocenters. The number of benzene rings is 2. The van der Waals surface area contributed by atoms with E-state index in [4.69, 9.17) is 13.6 Å². The van der Waals surface area contributed by atoms with Crippen LogP contribution in [0.5, 0.6) is 0 Å². The average molecular weight is 636 g/mol. The van der Waals surface area contributed by atoms with Gasteiger partial charge in [-0.25, -0.2) is 4.39 Å². The number of aromatic nitrogens is 1. The summed E-state index contributed by atoms with van der Waals surface area (Å²) in [6, 6.07) is 19.5. The molecular weight excluding hydrogens is 582 g/mol. The highest BCUT2D eigenvalue weighted by Gasteiger charge is 2.62. The molecular formula is C38H54FNO4Si. The molecule has 246 valence electrons. The minimum absolute atomic E-state index is 0.0973. The number of carbonyl (C=O) groups excluding carboxylic acids is 1. The Bertz CT molecular complexity index is 1430. The molecule has 1 aromatic heterocycles. The summed E-state index contributed by atoms with van der Waals surface area (Å²) in [4.78, 5) is 13.0. The summed E-state index contributed by atoms with van der Waals surface area (Å²) in [5, 5.41) is -0.460. The van der Waals surface area contributed by atoms with E-state index in [2.05, 4.69) is 90.3 Å². The van der Waals surface area contributed by atoms with Gasteiger partial charge in [0.1, 0.15) is 11.4 Å². The number of carbonyl (C=O) groups is 1. The van der Waals surface area contributed by atoms with E-state index in [0.717, 1.165) is 35.3 Å². The molecule has 0 amide bonds. The van der Waals surface area contributed by atoms with Gasteiger partial charge in [0.15, 0.2) is 0 Å². The zero-order chi connectivity index (χ0) is 33.4. The maximum atomic E-state index is 14.1. The van der Waals surface area contributed by atoms with Gasteiger partial charge in [-0.15, -0.1) is 0 Å². The third-order valence-corrected chi connectivity index (χ3v) is 13.9. The van der Waals surface area contributed by atoms with Gasteiger partial charge in [0.05, 0.1) is 24.3 Å². The van der Waals surface area contributed by atoms with Crippen molar-refractivity contribution in [3.63, 3.8) is 0 Å². The van der Waals surface area contributed by atoms with E-state index in [-0.39, 0.29) is 46.4 Å². The predicted molar refractivity (Wildman–Crippen MR) is 184 cm³/mol. The summed E-state index contributed by atoms with van der Waals surface area (Å²) in [5.41, 5.74) is 4.99. The molecule has 2 aromatic carbocycles. The van der Waals surface area contributed by atoms with Crippen LogP contribution in [0.1, 0.15) is 107 Å². The van der Waals surface area contributed by atoms with Crippen molar-refractivity contribution < 1.29 is 22.8 Å². The number of hydrogen-bond donors (Lipinski definition) is 0. The summed E-state index contributed by atoms with van der Waals surface area (Å²) in [5.74, 6) is -0.216. The van der Waals surface area contributed by atoms with Crippen LogP contribution in [0.2, 0.25) is 10.1 Å². The van der Waals surface area contributed by atoms with Crippen LogP contribution in [0.3, 0.4) is 0 Å². The van der Waals surface area contributed by atoms with Crippen molar-refractivity contribution >= 4 is 14.5 Å². The van der Waals surface area contributed by atoms with E-state index in [0.29, 0.717) is 6.42 Å². The molecule has 2 heterocycles. The molecule has 0 aliphatic carbocycles. The van der Waals surface area contributed by atoms with Gasteiger partial charge < -0.3 is 18.2 Å². The van der Waals surface area contributed by atoms with Crippen molar-refractivity contribution in [3.8, 4) is 22.4 Å². The highest BCUT2D eigenvalue weighted by atomic mass is 28.4. The SMILES string of the molecule is CC(C)c1cc(-c2ccccc2)c(-c2ccc(F)cc2)n1CC[C@@H]1C[C@H](CC(=O)OC(C)(C)C)O[Si](C(C)(C)C)(C(C)(C)C)O1. The quantitative estimate of drug-likeness (QED) is 0.183. The van der Waals surface area contributed by atoms with Crippen LogP contribution in [0, 0.1) is 5.82 Å². The lowest BCUT2D eigenvalue weighted by atomic mass is 10.0. The maximum absolute atomic E-state index is 14.1. The zero-order valence-corrected chi connectivity index (χ0v) is 30.3. The van der Waals surface area contributed by atoms with Crippen LogP contribution in [-0.2, 0) is 24.9 Å². The second-order valence-corrected chi connectivity index (χ2v) is 20.6. The van der Waals surface area contributed by atoms with Crippen molar-refractivity contribution in [1.82, 2.24) is 4.57 Å². The van der Waals surface area contributed by atoms with Crippen LogP contribution in [0.4, 0.5) is 4.39 Å². The molecule has 0 saturated carbocycles. The van der Waals surface area contributed by atoms with E-state index >= 15 is 0 Å². The monoisotopic (exact) mass is 635 g/mol. The third kappa shape index (κ3) is 7.98. The minimum atomic E-state index is -2.90. The molecule has 0 unspecified atom stereocenters. The Hall–Kier alpha value is -2.74. The second-order valence-electron chi connectivity index (χ2n) is 15.9. The first-order valence-electron chi connectivity index (χ1n) is 16.4. The fourth-order valence-corrected chi connectivity index (χ4v) is 12.0. The van der Waals surface area contributed by atoms with E-state index < -0.39 is 14.2 Å². The fraction of sp³-hybridized carbons (Fsp3) is 0.553. The Labute approximate surface area is 271 Å². The molecule has 0 N–H and O–H groups in total. The van der Waals surface area contributed by atoms with Crippen LogP contribution in [0.15, 0.2) is 60.7 Å². The van der Waals surface area contributed by atoms with E-state index in [1.165, 1.54) is 17.8 Å². The van der Waals surface area contributed by atoms with Crippen molar-refractivity contribution in [2.24, 2.45) is 0 Å². The Balaban J connectivity index is 1.75. The van der Waals surface area contributed by atoms with Gasteiger partial charge in [-0.3, -0.25) is 4.79 Å². The van der Waals surface area contributed by atoms with E-state index in [1.54, 1.807) is 0 Å².